The summed E-state index contributed by atoms with van der Waals surface area (Å²) in [6.07, 6.45) is 0. The average Bonchev–Trinajstić information content (AvgIpc) is 3.11. The van der Waals surface area contributed by atoms with Crippen molar-refractivity contribution >= 4 is 67.4 Å². The quantitative estimate of drug-likeness (QED) is 0.334. The third-order valence-corrected chi connectivity index (χ3v) is 5.91. The molecule has 0 N–H and O–H groups in total. The third kappa shape index (κ3) is 4.01. The molecular weight excluding hydrogens is 435 g/mol. The van der Waals surface area contributed by atoms with Gasteiger partial charge in [0, 0.05) is 15.6 Å². The van der Waals surface area contributed by atoms with Crippen molar-refractivity contribution in [3.05, 3.63) is 92.9 Å². The molecule has 1 heterocycles. The van der Waals surface area contributed by atoms with Gasteiger partial charge in [0.1, 0.15) is 5.52 Å². The van der Waals surface area contributed by atoms with Crippen molar-refractivity contribution in [2.24, 2.45) is 0 Å². The first-order valence-corrected chi connectivity index (χ1v) is 10.3. The highest BCUT2D eigenvalue weighted by Crippen LogP contribution is 2.34. The molecule has 28 heavy (non-hydrogen) atoms. The number of carbonyl (C=O) groups is 1. The Morgan fingerprint density at radius 3 is 2.32 bits per heavy atom. The van der Waals surface area contributed by atoms with E-state index in [1.54, 1.807) is 29.2 Å². The Bertz CT molecular complexity index is 1140. The van der Waals surface area contributed by atoms with E-state index < -0.39 is 0 Å². The van der Waals surface area contributed by atoms with Crippen molar-refractivity contribution in [1.29, 1.82) is 0 Å². The maximum atomic E-state index is 13.4. The zero-order chi connectivity index (χ0) is 19.7. The number of halogens is 3. The van der Waals surface area contributed by atoms with Crippen molar-refractivity contribution < 1.29 is 4.79 Å². The lowest BCUT2D eigenvalue weighted by Gasteiger charge is -2.20. The smallest absolute Gasteiger partial charge is 0.260 e. The van der Waals surface area contributed by atoms with Crippen LogP contribution in [0.1, 0.15) is 15.9 Å². The molecule has 0 radical (unpaired) electrons. The van der Waals surface area contributed by atoms with Gasteiger partial charge in [0.25, 0.3) is 5.91 Å². The highest BCUT2D eigenvalue weighted by Gasteiger charge is 2.23. The fraction of sp³-hybridized carbons (Fsp3) is 0.0476. The van der Waals surface area contributed by atoms with Gasteiger partial charge < -0.3 is 0 Å². The molecule has 0 atom stereocenters. The van der Waals surface area contributed by atoms with Crippen LogP contribution >= 0.6 is 46.1 Å². The lowest BCUT2D eigenvalue weighted by atomic mass is 10.1. The van der Waals surface area contributed by atoms with Gasteiger partial charge in [-0.15, -0.1) is 0 Å². The highest BCUT2D eigenvalue weighted by atomic mass is 35.5. The Hall–Kier alpha value is -2.11. The number of anilines is 1. The van der Waals surface area contributed by atoms with Crippen LogP contribution in [0.25, 0.3) is 10.2 Å². The second-order valence-electron chi connectivity index (χ2n) is 6.12. The number of benzene rings is 3. The van der Waals surface area contributed by atoms with E-state index in [9.17, 15) is 4.79 Å². The van der Waals surface area contributed by atoms with Gasteiger partial charge in [-0.2, -0.15) is 0 Å². The van der Waals surface area contributed by atoms with Gasteiger partial charge in [-0.25, -0.2) is 4.98 Å². The molecule has 3 nitrogen and oxygen atoms in total. The van der Waals surface area contributed by atoms with E-state index in [2.05, 4.69) is 4.98 Å². The average molecular weight is 448 g/mol. The molecule has 4 aromatic rings. The van der Waals surface area contributed by atoms with Crippen LogP contribution in [0.3, 0.4) is 0 Å². The largest absolute Gasteiger partial charge is 0.279 e. The first-order valence-electron chi connectivity index (χ1n) is 8.38. The summed E-state index contributed by atoms with van der Waals surface area (Å²) in [5.41, 5.74) is 2.06. The third-order valence-electron chi connectivity index (χ3n) is 4.13. The zero-order valence-corrected chi connectivity index (χ0v) is 17.5. The minimum atomic E-state index is -0.233. The SMILES string of the molecule is O=C(c1cc(Cl)cc(Cl)c1)N(Cc1ccccc1)c1nc2c(Cl)cccc2s1. The van der Waals surface area contributed by atoms with E-state index in [0.717, 1.165) is 10.3 Å². The molecule has 0 saturated heterocycles. The van der Waals surface area contributed by atoms with E-state index in [4.69, 9.17) is 34.8 Å². The van der Waals surface area contributed by atoms with Gasteiger partial charge in [-0.3, -0.25) is 9.69 Å². The molecule has 1 amide bonds. The number of carbonyl (C=O) groups excluding carboxylic acids is 1. The second kappa shape index (κ2) is 8.10. The standard InChI is InChI=1S/C21H13Cl3N2OS/c22-15-9-14(10-16(23)11-15)20(27)26(12-13-5-2-1-3-6-13)21-25-19-17(24)7-4-8-18(19)28-21/h1-11H,12H2. The van der Waals surface area contributed by atoms with Crippen LogP contribution in [0, 0.1) is 0 Å². The molecule has 0 aliphatic rings. The molecule has 140 valence electrons. The van der Waals surface area contributed by atoms with Crippen molar-refractivity contribution in [2.45, 2.75) is 6.54 Å². The Labute approximate surface area is 181 Å². The summed E-state index contributed by atoms with van der Waals surface area (Å²) in [6, 6.07) is 20.1. The number of fused-ring (bicyclic) bond motifs is 1. The predicted molar refractivity (Wildman–Crippen MR) is 118 cm³/mol. The Morgan fingerprint density at radius 1 is 0.929 bits per heavy atom. The van der Waals surface area contributed by atoms with Crippen molar-refractivity contribution in [1.82, 2.24) is 4.98 Å². The topological polar surface area (TPSA) is 33.2 Å². The first kappa shape index (κ1) is 19.2. The van der Waals surface area contributed by atoms with Crippen LogP contribution in [0.15, 0.2) is 66.7 Å². The minimum Gasteiger partial charge on any atom is -0.279 e. The Kier molecular flexibility index (Phi) is 5.56. The maximum absolute atomic E-state index is 13.4. The maximum Gasteiger partial charge on any atom is 0.260 e. The van der Waals surface area contributed by atoms with Crippen LogP contribution in [0.2, 0.25) is 15.1 Å². The molecular formula is C21H13Cl3N2OS. The number of rotatable bonds is 4. The fourth-order valence-electron chi connectivity index (χ4n) is 2.84. The molecule has 0 spiro atoms. The molecule has 0 aliphatic carbocycles. The summed E-state index contributed by atoms with van der Waals surface area (Å²) in [4.78, 5) is 19.6. The van der Waals surface area contributed by atoms with Crippen LogP contribution in [0.5, 0.6) is 0 Å². The molecule has 0 saturated carbocycles. The molecule has 4 rings (SSSR count). The van der Waals surface area contributed by atoms with Crippen molar-refractivity contribution in [3.8, 4) is 0 Å². The Morgan fingerprint density at radius 2 is 1.64 bits per heavy atom. The van der Waals surface area contributed by atoms with Gasteiger partial charge in [0.05, 0.1) is 16.3 Å². The van der Waals surface area contributed by atoms with E-state index in [-0.39, 0.29) is 5.91 Å². The summed E-state index contributed by atoms with van der Waals surface area (Å²) in [5.74, 6) is -0.233. The van der Waals surface area contributed by atoms with Gasteiger partial charge in [-0.05, 0) is 35.9 Å². The number of para-hydroxylation sites is 1. The molecule has 0 fully saturated rings. The summed E-state index contributed by atoms with van der Waals surface area (Å²) in [5, 5.41) is 1.93. The summed E-state index contributed by atoms with van der Waals surface area (Å²) in [7, 11) is 0. The molecule has 7 heteroatoms. The molecule has 0 unspecified atom stereocenters. The van der Waals surface area contributed by atoms with Crippen LogP contribution < -0.4 is 4.90 Å². The van der Waals surface area contributed by atoms with Crippen LogP contribution in [-0.2, 0) is 6.54 Å². The van der Waals surface area contributed by atoms with Gasteiger partial charge >= 0.3 is 0 Å². The summed E-state index contributed by atoms with van der Waals surface area (Å²) < 4.78 is 0.914. The monoisotopic (exact) mass is 446 g/mol. The van der Waals surface area contributed by atoms with Crippen molar-refractivity contribution in [3.63, 3.8) is 0 Å². The normalized spacial score (nSPS) is 11.0. The van der Waals surface area contributed by atoms with E-state index in [0.29, 0.717) is 37.8 Å². The number of hydrogen-bond donors (Lipinski definition) is 0. The number of aromatic nitrogens is 1. The number of thiazole rings is 1. The van der Waals surface area contributed by atoms with Crippen LogP contribution in [0.4, 0.5) is 5.13 Å². The van der Waals surface area contributed by atoms with Crippen molar-refractivity contribution in [2.75, 3.05) is 4.90 Å². The summed E-state index contributed by atoms with van der Waals surface area (Å²) in [6.45, 7) is 0.362. The number of nitrogens with zero attached hydrogens (tertiary/aromatic N) is 2. The lowest BCUT2D eigenvalue weighted by Crippen LogP contribution is -2.30. The molecule has 1 aromatic heterocycles. The van der Waals surface area contributed by atoms with E-state index >= 15 is 0 Å². The predicted octanol–water partition coefficient (Wildman–Crippen LogP) is 7.10. The number of hydrogen-bond acceptors (Lipinski definition) is 3. The van der Waals surface area contributed by atoms with Gasteiger partial charge in [0.15, 0.2) is 5.13 Å². The lowest BCUT2D eigenvalue weighted by molar-refractivity contribution is 0.0985. The van der Waals surface area contributed by atoms with E-state index in [1.807, 2.05) is 42.5 Å². The fourth-order valence-corrected chi connectivity index (χ4v) is 4.63. The Balaban J connectivity index is 1.80. The molecule has 0 aliphatic heterocycles. The minimum absolute atomic E-state index is 0.233. The highest BCUT2D eigenvalue weighted by molar-refractivity contribution is 7.22. The summed E-state index contributed by atoms with van der Waals surface area (Å²) >= 11 is 19.9. The second-order valence-corrected chi connectivity index (χ2v) is 8.41. The van der Waals surface area contributed by atoms with Crippen LogP contribution in [-0.4, -0.2) is 10.9 Å². The molecule has 0 bridgehead atoms. The molecule has 3 aromatic carbocycles. The van der Waals surface area contributed by atoms with Gasteiger partial charge in [0.2, 0.25) is 0 Å². The van der Waals surface area contributed by atoms with Gasteiger partial charge in [-0.1, -0.05) is 82.5 Å². The number of amides is 1. The first-order chi connectivity index (χ1) is 13.5. The zero-order valence-electron chi connectivity index (χ0n) is 14.4. The van der Waals surface area contributed by atoms with E-state index in [1.165, 1.54) is 11.3 Å².